The van der Waals surface area contributed by atoms with Crippen LogP contribution in [0.2, 0.25) is 10.6 Å². The van der Waals surface area contributed by atoms with Crippen LogP contribution < -0.4 is 0 Å². The average molecular weight is 221 g/mol. The van der Waals surface area contributed by atoms with Gasteiger partial charge in [0.1, 0.15) is 0 Å². The van der Waals surface area contributed by atoms with Gasteiger partial charge in [0, 0.05) is 0 Å². The van der Waals surface area contributed by atoms with Crippen LogP contribution in [-0.2, 0) is 26.4 Å². The maximum absolute atomic E-state index is 10.9. The molecule has 0 saturated heterocycles. The van der Waals surface area contributed by atoms with Gasteiger partial charge in [-0.1, -0.05) is 0 Å². The SMILES string of the molecule is C=C[CH2][Cr]([CH]=O)([CH]=O)([CH]=O)[CH2]C=C. The van der Waals surface area contributed by atoms with Crippen molar-refractivity contribution in [1.82, 2.24) is 0 Å². The monoisotopic (exact) mass is 221 g/mol. The van der Waals surface area contributed by atoms with E-state index in [9.17, 15) is 14.4 Å². The van der Waals surface area contributed by atoms with Gasteiger partial charge in [0.25, 0.3) is 0 Å². The van der Waals surface area contributed by atoms with E-state index in [4.69, 9.17) is 0 Å². The number of rotatable bonds is 7. The predicted molar refractivity (Wildman–Crippen MR) is 50.3 cm³/mol. The summed E-state index contributed by atoms with van der Waals surface area (Å²) in [6.07, 6.45) is 2.89. The Hall–Kier alpha value is -0.978. The zero-order valence-corrected chi connectivity index (χ0v) is 8.62. The van der Waals surface area contributed by atoms with Crippen molar-refractivity contribution in [1.29, 1.82) is 0 Å². The van der Waals surface area contributed by atoms with Crippen molar-refractivity contribution in [3.63, 3.8) is 0 Å². The first-order valence-corrected chi connectivity index (χ1v) is 7.64. The molecule has 73 valence electrons. The van der Waals surface area contributed by atoms with Crippen molar-refractivity contribution in [3.8, 4) is 0 Å². The van der Waals surface area contributed by atoms with Crippen LogP contribution in [0.15, 0.2) is 25.3 Å². The molecule has 0 fully saturated rings. The second-order valence-corrected chi connectivity index (χ2v) is 9.79. The van der Waals surface area contributed by atoms with Gasteiger partial charge >= 0.3 is 77.7 Å². The Bertz CT molecular complexity index is 219. The molecule has 0 amide bonds. The molecule has 0 heterocycles. The van der Waals surface area contributed by atoms with Gasteiger partial charge in [-0.15, -0.1) is 0 Å². The maximum atomic E-state index is 10.9. The predicted octanol–water partition coefficient (Wildman–Crippen LogP) is 1.46. The van der Waals surface area contributed by atoms with Crippen LogP contribution in [0, 0.1) is 0 Å². The van der Waals surface area contributed by atoms with Crippen LogP contribution >= 0.6 is 0 Å². The van der Waals surface area contributed by atoms with E-state index in [1.807, 2.05) is 0 Å². The summed E-state index contributed by atoms with van der Waals surface area (Å²) < 4.78 is 0. The number of hydrogen-bond acceptors (Lipinski definition) is 3. The van der Waals surface area contributed by atoms with Crippen molar-refractivity contribution >= 4 is 15.4 Å². The molecule has 0 aliphatic carbocycles. The van der Waals surface area contributed by atoms with Gasteiger partial charge in [-0.05, 0) is 0 Å². The molecule has 0 unspecified atom stereocenters. The van der Waals surface area contributed by atoms with Crippen molar-refractivity contribution in [2.45, 2.75) is 10.6 Å². The van der Waals surface area contributed by atoms with Crippen molar-refractivity contribution in [2.75, 3.05) is 0 Å². The van der Waals surface area contributed by atoms with Crippen LogP contribution in [0.4, 0.5) is 0 Å². The van der Waals surface area contributed by atoms with Gasteiger partial charge in [0.05, 0.1) is 0 Å². The number of carbonyl (C=O) groups excluding carboxylic acids is 3. The summed E-state index contributed by atoms with van der Waals surface area (Å²) in [5.41, 5.74) is 0. The van der Waals surface area contributed by atoms with Gasteiger partial charge in [-0.2, -0.15) is 0 Å². The van der Waals surface area contributed by atoms with E-state index in [1.54, 1.807) is 0 Å². The van der Waals surface area contributed by atoms with Gasteiger partial charge in [0.15, 0.2) is 0 Å². The molecule has 4 heteroatoms. The summed E-state index contributed by atoms with van der Waals surface area (Å²) in [7, 11) is 0. The second-order valence-electron chi connectivity index (χ2n) is 2.81. The van der Waals surface area contributed by atoms with E-state index in [0.717, 1.165) is 0 Å². The summed E-state index contributed by atoms with van der Waals surface area (Å²) in [5, 5.41) is 1.93. The minimum atomic E-state index is -3.94. The zero-order chi connectivity index (χ0) is 10.4. The first kappa shape index (κ1) is 12.0. The van der Waals surface area contributed by atoms with E-state index >= 15 is 0 Å². The summed E-state index contributed by atoms with van der Waals surface area (Å²) in [6.45, 7) is 6.89. The first-order valence-electron chi connectivity index (χ1n) is 3.62. The summed E-state index contributed by atoms with van der Waals surface area (Å²) in [5.74, 6) is 0. The van der Waals surface area contributed by atoms with Gasteiger partial charge < -0.3 is 0 Å². The van der Waals surface area contributed by atoms with Crippen molar-refractivity contribution < 1.29 is 26.4 Å². The molecular formula is C9H13CrO3. The molecular weight excluding hydrogens is 208 g/mol. The summed E-state index contributed by atoms with van der Waals surface area (Å²) in [6, 6.07) is 0. The molecule has 0 saturated carbocycles. The number of allylic oxidation sites excluding steroid dienone is 2. The fraction of sp³-hybridized carbons (Fsp3) is 0.222. The Kier molecular flexibility index (Phi) is 3.99. The topological polar surface area (TPSA) is 51.2 Å². The normalized spacial score (nSPS) is 13.4. The molecule has 0 spiro atoms. The summed E-state index contributed by atoms with van der Waals surface area (Å²) in [4.78, 5) is 32.7. The van der Waals surface area contributed by atoms with Crippen molar-refractivity contribution in [2.24, 2.45) is 0 Å². The summed E-state index contributed by atoms with van der Waals surface area (Å²) >= 11 is -3.94. The third kappa shape index (κ3) is 2.03. The molecule has 0 aliphatic heterocycles. The van der Waals surface area contributed by atoms with Crippen LogP contribution in [-0.4, -0.2) is 15.4 Å². The van der Waals surface area contributed by atoms with Gasteiger partial charge in [-0.25, -0.2) is 0 Å². The van der Waals surface area contributed by atoms with E-state index < -0.39 is 12.0 Å². The van der Waals surface area contributed by atoms with E-state index in [2.05, 4.69) is 13.2 Å². The van der Waals surface area contributed by atoms with E-state index in [-0.39, 0.29) is 10.6 Å². The van der Waals surface area contributed by atoms with Crippen LogP contribution in [0.3, 0.4) is 0 Å². The average Bonchev–Trinajstić information content (AvgIpc) is 2.18. The first-order chi connectivity index (χ1) is 6.12. The molecule has 0 N–H and O–H groups in total. The molecule has 13 heavy (non-hydrogen) atoms. The fourth-order valence-electron chi connectivity index (χ4n) is 0.947. The zero-order valence-electron chi connectivity index (χ0n) is 7.35. The number of carbonyl (C=O) groups is 3. The standard InChI is InChI=1S/2C3H5.3CHO.Cr/c2*1-3-2;3*1-2;/h2*3H,1-2H2;3*1H;. The molecule has 0 radical (unpaired) electrons. The van der Waals surface area contributed by atoms with Gasteiger partial charge in [0.2, 0.25) is 0 Å². The Balaban J connectivity index is 5.35. The third-order valence-corrected chi connectivity index (χ3v) is 7.38. The molecule has 0 atom stereocenters. The van der Waals surface area contributed by atoms with Crippen LogP contribution in [0.1, 0.15) is 0 Å². The van der Waals surface area contributed by atoms with Gasteiger partial charge in [-0.3, -0.25) is 0 Å². The Morgan fingerprint density at radius 2 is 1.15 bits per heavy atom. The minimum absolute atomic E-state index is 0.169. The molecule has 0 rings (SSSR count). The Morgan fingerprint density at radius 3 is 1.31 bits per heavy atom. The molecule has 0 aliphatic rings. The van der Waals surface area contributed by atoms with E-state index in [1.165, 1.54) is 12.2 Å². The van der Waals surface area contributed by atoms with Crippen molar-refractivity contribution in [3.05, 3.63) is 25.3 Å². The van der Waals surface area contributed by atoms with Crippen LogP contribution in [0.25, 0.3) is 0 Å². The third-order valence-electron chi connectivity index (χ3n) is 1.79. The Labute approximate surface area is 78.1 Å². The molecule has 3 nitrogen and oxygen atoms in total. The molecule has 0 aromatic heterocycles. The molecule has 0 aromatic carbocycles. The second kappa shape index (κ2) is 4.31. The molecule has 0 bridgehead atoms. The quantitative estimate of drug-likeness (QED) is 0.483. The molecule has 0 aromatic rings. The number of hydrogen-bond donors (Lipinski definition) is 0. The Morgan fingerprint density at radius 1 is 0.846 bits per heavy atom. The van der Waals surface area contributed by atoms with E-state index in [0.29, 0.717) is 15.4 Å². The van der Waals surface area contributed by atoms with Crippen LogP contribution in [0.5, 0.6) is 0 Å². The fourth-order valence-corrected chi connectivity index (χ4v) is 3.90.